The predicted molar refractivity (Wildman–Crippen MR) is 97.2 cm³/mol. The summed E-state index contributed by atoms with van der Waals surface area (Å²) in [4.78, 5) is 29.0. The Labute approximate surface area is 152 Å². The van der Waals surface area contributed by atoms with Gasteiger partial charge in [-0.1, -0.05) is 30.3 Å². The van der Waals surface area contributed by atoms with E-state index in [0.29, 0.717) is 31.5 Å². The number of carbonyl (C=O) groups is 2. The highest BCUT2D eigenvalue weighted by Crippen LogP contribution is 2.31. The third-order valence-corrected chi connectivity index (χ3v) is 5.18. The van der Waals surface area contributed by atoms with Crippen LogP contribution in [0.5, 0.6) is 0 Å². The van der Waals surface area contributed by atoms with Crippen molar-refractivity contribution in [2.75, 3.05) is 11.4 Å². The minimum absolute atomic E-state index is 0.00167. The van der Waals surface area contributed by atoms with Crippen molar-refractivity contribution in [1.29, 1.82) is 5.26 Å². The van der Waals surface area contributed by atoms with Crippen LogP contribution in [-0.2, 0) is 22.6 Å². The van der Waals surface area contributed by atoms with Crippen molar-refractivity contribution in [2.45, 2.75) is 31.8 Å². The minimum atomic E-state index is -0.431. The van der Waals surface area contributed by atoms with Gasteiger partial charge in [-0.05, 0) is 42.2 Å². The standard InChI is InChI=1S/C21H19N3O2/c22-13-15-4-3-5-16(12-15)14-24-19(8-9-20(24)25)21(26)23-11-10-17-6-1-2-7-18(17)23/h1-7,12,19H,8-11,14H2. The van der Waals surface area contributed by atoms with Crippen LogP contribution >= 0.6 is 0 Å². The summed E-state index contributed by atoms with van der Waals surface area (Å²) in [7, 11) is 0. The smallest absolute Gasteiger partial charge is 0.249 e. The largest absolute Gasteiger partial charge is 0.326 e. The molecule has 1 saturated heterocycles. The molecule has 0 spiro atoms. The molecule has 0 radical (unpaired) electrons. The van der Waals surface area contributed by atoms with Crippen LogP contribution in [0.15, 0.2) is 48.5 Å². The third kappa shape index (κ3) is 2.84. The van der Waals surface area contributed by atoms with Crippen LogP contribution in [0.4, 0.5) is 5.69 Å². The lowest BCUT2D eigenvalue weighted by Gasteiger charge is -2.28. The number of hydrogen-bond donors (Lipinski definition) is 0. The van der Waals surface area contributed by atoms with Crippen molar-refractivity contribution >= 4 is 17.5 Å². The second-order valence-electron chi connectivity index (χ2n) is 6.76. The Morgan fingerprint density at radius 2 is 2.00 bits per heavy atom. The van der Waals surface area contributed by atoms with Crippen LogP contribution < -0.4 is 4.90 Å². The van der Waals surface area contributed by atoms with Gasteiger partial charge in [0.05, 0.1) is 11.6 Å². The summed E-state index contributed by atoms with van der Waals surface area (Å²) in [5.41, 5.74) is 3.58. The highest BCUT2D eigenvalue weighted by atomic mass is 16.2. The van der Waals surface area contributed by atoms with Crippen LogP contribution in [0.1, 0.15) is 29.5 Å². The van der Waals surface area contributed by atoms with Gasteiger partial charge in [0, 0.05) is 25.2 Å². The van der Waals surface area contributed by atoms with E-state index in [-0.39, 0.29) is 11.8 Å². The first-order valence-corrected chi connectivity index (χ1v) is 8.85. The van der Waals surface area contributed by atoms with E-state index in [9.17, 15) is 9.59 Å². The molecule has 1 atom stereocenters. The number of likely N-dealkylation sites (tertiary alicyclic amines) is 1. The van der Waals surface area contributed by atoms with Gasteiger partial charge in [-0.3, -0.25) is 9.59 Å². The summed E-state index contributed by atoms with van der Waals surface area (Å²) in [5, 5.41) is 9.06. The van der Waals surface area contributed by atoms with E-state index in [1.807, 2.05) is 41.3 Å². The molecular formula is C21H19N3O2. The number of carbonyl (C=O) groups excluding carboxylic acids is 2. The Morgan fingerprint density at radius 1 is 1.15 bits per heavy atom. The van der Waals surface area contributed by atoms with E-state index >= 15 is 0 Å². The van der Waals surface area contributed by atoms with Gasteiger partial charge >= 0.3 is 0 Å². The average Bonchev–Trinajstić information content (AvgIpc) is 3.26. The first-order valence-electron chi connectivity index (χ1n) is 8.85. The van der Waals surface area contributed by atoms with Crippen LogP contribution in [0.2, 0.25) is 0 Å². The molecule has 2 amide bonds. The zero-order valence-corrected chi connectivity index (χ0v) is 14.4. The average molecular weight is 345 g/mol. The molecule has 4 rings (SSSR count). The zero-order valence-electron chi connectivity index (χ0n) is 14.4. The van der Waals surface area contributed by atoms with Crippen LogP contribution in [0.3, 0.4) is 0 Å². The Balaban J connectivity index is 1.57. The first kappa shape index (κ1) is 16.3. The van der Waals surface area contributed by atoms with E-state index in [1.54, 1.807) is 17.0 Å². The summed E-state index contributed by atoms with van der Waals surface area (Å²) < 4.78 is 0. The maximum Gasteiger partial charge on any atom is 0.249 e. The molecule has 2 aromatic carbocycles. The van der Waals surface area contributed by atoms with Crippen LogP contribution in [0, 0.1) is 11.3 Å². The predicted octanol–water partition coefficient (Wildman–Crippen LogP) is 2.64. The van der Waals surface area contributed by atoms with Gasteiger partial charge in [0.1, 0.15) is 6.04 Å². The number of benzene rings is 2. The minimum Gasteiger partial charge on any atom is -0.326 e. The molecule has 0 aliphatic carbocycles. The van der Waals surface area contributed by atoms with E-state index in [2.05, 4.69) is 6.07 Å². The van der Waals surface area contributed by atoms with Crippen molar-refractivity contribution < 1.29 is 9.59 Å². The lowest BCUT2D eigenvalue weighted by molar-refractivity contribution is -0.134. The zero-order chi connectivity index (χ0) is 18.1. The summed E-state index contributed by atoms with van der Waals surface area (Å²) in [6.07, 6.45) is 1.80. The molecular weight excluding hydrogens is 326 g/mol. The maximum atomic E-state index is 13.2. The van der Waals surface area contributed by atoms with Crippen molar-refractivity contribution in [3.63, 3.8) is 0 Å². The van der Waals surface area contributed by atoms with E-state index < -0.39 is 6.04 Å². The fourth-order valence-electron chi connectivity index (χ4n) is 3.87. The highest BCUT2D eigenvalue weighted by molar-refractivity contribution is 6.02. The lowest BCUT2D eigenvalue weighted by atomic mass is 10.1. The van der Waals surface area contributed by atoms with Crippen molar-refractivity contribution in [3.8, 4) is 6.07 Å². The topological polar surface area (TPSA) is 64.4 Å². The molecule has 0 N–H and O–H groups in total. The second-order valence-corrected chi connectivity index (χ2v) is 6.76. The molecule has 5 heteroatoms. The fourth-order valence-corrected chi connectivity index (χ4v) is 3.87. The second kappa shape index (κ2) is 6.64. The van der Waals surface area contributed by atoms with Crippen molar-refractivity contribution in [1.82, 2.24) is 4.90 Å². The fraction of sp³-hybridized carbons (Fsp3) is 0.286. The quantitative estimate of drug-likeness (QED) is 0.859. The number of nitrogens with zero attached hydrogens (tertiary/aromatic N) is 3. The van der Waals surface area contributed by atoms with Crippen molar-refractivity contribution in [2.24, 2.45) is 0 Å². The third-order valence-electron chi connectivity index (χ3n) is 5.18. The molecule has 0 saturated carbocycles. The Hall–Kier alpha value is -3.13. The SMILES string of the molecule is N#Cc1cccc(CN2C(=O)CCC2C(=O)N2CCc3ccccc32)c1. The van der Waals surface area contributed by atoms with Gasteiger partial charge in [-0.15, -0.1) is 0 Å². The van der Waals surface area contributed by atoms with Gasteiger partial charge in [0.25, 0.3) is 0 Å². The Morgan fingerprint density at radius 3 is 2.85 bits per heavy atom. The van der Waals surface area contributed by atoms with Gasteiger partial charge in [-0.2, -0.15) is 5.26 Å². The molecule has 0 aromatic heterocycles. The number of nitriles is 1. The highest BCUT2D eigenvalue weighted by Gasteiger charge is 2.39. The number of rotatable bonds is 3. The molecule has 1 fully saturated rings. The molecule has 130 valence electrons. The number of anilines is 1. The number of amides is 2. The van der Waals surface area contributed by atoms with Crippen LogP contribution in [-0.4, -0.2) is 29.3 Å². The normalized spacial score (nSPS) is 18.7. The van der Waals surface area contributed by atoms with Crippen LogP contribution in [0.25, 0.3) is 0 Å². The molecule has 2 aliphatic heterocycles. The molecule has 26 heavy (non-hydrogen) atoms. The summed E-state index contributed by atoms with van der Waals surface area (Å²) in [6.45, 7) is 1.03. The van der Waals surface area contributed by atoms with Gasteiger partial charge < -0.3 is 9.80 Å². The number of para-hydroxylation sites is 1. The molecule has 1 unspecified atom stereocenters. The summed E-state index contributed by atoms with van der Waals surface area (Å²) >= 11 is 0. The maximum absolute atomic E-state index is 13.2. The van der Waals surface area contributed by atoms with E-state index in [1.165, 1.54) is 5.56 Å². The first-order chi connectivity index (χ1) is 12.7. The van der Waals surface area contributed by atoms with Gasteiger partial charge in [0.2, 0.25) is 11.8 Å². The molecule has 2 heterocycles. The van der Waals surface area contributed by atoms with Gasteiger partial charge in [0.15, 0.2) is 0 Å². The number of fused-ring (bicyclic) bond motifs is 1. The van der Waals surface area contributed by atoms with Crippen molar-refractivity contribution in [3.05, 3.63) is 65.2 Å². The monoisotopic (exact) mass is 345 g/mol. The lowest BCUT2D eigenvalue weighted by Crippen LogP contribution is -2.46. The molecule has 0 bridgehead atoms. The molecule has 2 aliphatic rings. The number of hydrogen-bond acceptors (Lipinski definition) is 3. The summed E-state index contributed by atoms with van der Waals surface area (Å²) in [6, 6.07) is 16.8. The molecule has 2 aromatic rings. The van der Waals surface area contributed by atoms with E-state index in [0.717, 1.165) is 17.7 Å². The Kier molecular flexibility index (Phi) is 4.18. The Bertz CT molecular complexity index is 915. The van der Waals surface area contributed by atoms with Gasteiger partial charge in [-0.25, -0.2) is 0 Å². The molecule has 5 nitrogen and oxygen atoms in total. The van der Waals surface area contributed by atoms with E-state index in [4.69, 9.17) is 5.26 Å². The summed E-state index contributed by atoms with van der Waals surface area (Å²) in [5.74, 6) is -0.00423.